The molecule has 7 nitrogen and oxygen atoms in total. The Kier molecular flexibility index (Phi) is 5.18. The van der Waals surface area contributed by atoms with Crippen molar-refractivity contribution < 1.29 is 13.6 Å². The van der Waals surface area contributed by atoms with Gasteiger partial charge in [0.25, 0.3) is 5.89 Å². The number of carbonyl (C=O) groups excluding carboxylic acids is 1. The van der Waals surface area contributed by atoms with E-state index in [2.05, 4.69) is 5.10 Å². The number of rotatable bonds is 4. The minimum absolute atomic E-state index is 0.0269. The van der Waals surface area contributed by atoms with Crippen molar-refractivity contribution >= 4 is 5.91 Å². The van der Waals surface area contributed by atoms with Crippen LogP contribution in [0.2, 0.25) is 0 Å². The quantitative estimate of drug-likeness (QED) is 0.819. The van der Waals surface area contributed by atoms with Crippen molar-refractivity contribution in [1.29, 1.82) is 0 Å². The van der Waals surface area contributed by atoms with E-state index in [1.807, 2.05) is 11.8 Å². The monoisotopic (exact) mass is 373 g/mol. The summed E-state index contributed by atoms with van der Waals surface area (Å²) < 4.78 is 12.0. The van der Waals surface area contributed by atoms with Crippen molar-refractivity contribution in [1.82, 2.24) is 14.7 Å². The highest BCUT2D eigenvalue weighted by Gasteiger charge is 2.28. The molecule has 0 bridgehead atoms. The summed E-state index contributed by atoms with van der Waals surface area (Å²) in [6.45, 7) is 3.16. The SMILES string of the molecule is Cc1occc1-c1nn(C2CCN(C(=O)CC3CCCCC3)CC2)c(=O)o1. The van der Waals surface area contributed by atoms with E-state index >= 15 is 0 Å². The molecule has 1 saturated carbocycles. The Morgan fingerprint density at radius 1 is 1.19 bits per heavy atom. The van der Waals surface area contributed by atoms with Gasteiger partial charge in [0.05, 0.1) is 17.9 Å². The number of carbonyl (C=O) groups is 1. The van der Waals surface area contributed by atoms with Crippen LogP contribution < -0.4 is 5.76 Å². The average Bonchev–Trinajstić information content (AvgIpc) is 3.28. The zero-order chi connectivity index (χ0) is 18.8. The van der Waals surface area contributed by atoms with Crippen LogP contribution in [0, 0.1) is 12.8 Å². The Balaban J connectivity index is 1.36. The number of furan rings is 1. The van der Waals surface area contributed by atoms with E-state index in [0.717, 1.165) is 12.8 Å². The highest BCUT2D eigenvalue weighted by Crippen LogP contribution is 2.29. The van der Waals surface area contributed by atoms with Gasteiger partial charge in [0.15, 0.2) is 0 Å². The first-order chi connectivity index (χ1) is 13.1. The summed E-state index contributed by atoms with van der Waals surface area (Å²) in [5.74, 6) is 1.34. The second-order valence-corrected chi connectivity index (χ2v) is 7.83. The van der Waals surface area contributed by atoms with Crippen LogP contribution in [0.3, 0.4) is 0 Å². The Morgan fingerprint density at radius 2 is 1.93 bits per heavy atom. The second-order valence-electron chi connectivity index (χ2n) is 7.83. The molecule has 2 fully saturated rings. The lowest BCUT2D eigenvalue weighted by Crippen LogP contribution is -2.41. The number of aromatic nitrogens is 2. The van der Waals surface area contributed by atoms with E-state index in [1.165, 1.54) is 36.8 Å². The first-order valence-electron chi connectivity index (χ1n) is 10.0. The molecule has 0 spiro atoms. The lowest BCUT2D eigenvalue weighted by Gasteiger charge is -2.33. The van der Waals surface area contributed by atoms with Crippen molar-refractivity contribution in [3.05, 3.63) is 28.6 Å². The summed E-state index contributed by atoms with van der Waals surface area (Å²) in [7, 11) is 0. The Bertz CT molecular complexity index is 836. The van der Waals surface area contributed by atoms with Gasteiger partial charge in [-0.1, -0.05) is 19.3 Å². The molecule has 4 rings (SSSR count). The van der Waals surface area contributed by atoms with Gasteiger partial charge in [0.2, 0.25) is 5.91 Å². The molecule has 0 N–H and O–H groups in total. The molecule has 1 aliphatic carbocycles. The predicted octanol–water partition coefficient (Wildman–Crippen LogP) is 3.54. The van der Waals surface area contributed by atoms with Crippen LogP contribution in [0.4, 0.5) is 0 Å². The van der Waals surface area contributed by atoms with Crippen LogP contribution in [0.1, 0.15) is 63.2 Å². The van der Waals surface area contributed by atoms with Crippen LogP contribution in [0.15, 0.2) is 26.0 Å². The Labute approximate surface area is 158 Å². The van der Waals surface area contributed by atoms with Crippen molar-refractivity contribution in [3.63, 3.8) is 0 Å². The zero-order valence-corrected chi connectivity index (χ0v) is 15.9. The molecule has 0 unspecified atom stereocenters. The standard InChI is InChI=1S/C20H27N3O4/c1-14-17(9-12-26-14)19-21-23(20(25)27-19)16-7-10-22(11-8-16)18(24)13-15-5-3-2-4-6-15/h9,12,15-16H,2-8,10-11,13H2,1H3. The van der Waals surface area contributed by atoms with Crippen molar-refractivity contribution in [3.8, 4) is 11.5 Å². The zero-order valence-electron chi connectivity index (χ0n) is 15.9. The number of hydrogen-bond acceptors (Lipinski definition) is 5. The van der Waals surface area contributed by atoms with Gasteiger partial charge in [-0.2, -0.15) is 4.68 Å². The maximum Gasteiger partial charge on any atom is 0.437 e. The molecule has 0 radical (unpaired) electrons. The third-order valence-corrected chi connectivity index (χ3v) is 6.01. The molecule has 1 amide bonds. The fourth-order valence-electron chi connectivity index (χ4n) is 4.36. The first kappa shape index (κ1) is 18.1. The summed E-state index contributed by atoms with van der Waals surface area (Å²) in [6.07, 6.45) is 9.89. The van der Waals surface area contributed by atoms with Gasteiger partial charge in [-0.25, -0.2) is 4.79 Å². The van der Waals surface area contributed by atoms with Crippen molar-refractivity contribution in [2.75, 3.05) is 13.1 Å². The van der Waals surface area contributed by atoms with E-state index in [1.54, 1.807) is 12.3 Å². The Morgan fingerprint density at radius 3 is 2.59 bits per heavy atom. The molecule has 0 atom stereocenters. The topological polar surface area (TPSA) is 81.5 Å². The fourth-order valence-corrected chi connectivity index (χ4v) is 4.36. The van der Waals surface area contributed by atoms with Gasteiger partial charge < -0.3 is 13.7 Å². The number of aryl methyl sites for hydroxylation is 1. The normalized spacial score (nSPS) is 19.5. The maximum absolute atomic E-state index is 12.6. The van der Waals surface area contributed by atoms with Crippen molar-refractivity contribution in [2.45, 2.75) is 64.3 Å². The summed E-state index contributed by atoms with van der Waals surface area (Å²) in [6, 6.07) is 1.72. The molecule has 27 heavy (non-hydrogen) atoms. The summed E-state index contributed by atoms with van der Waals surface area (Å²) in [5, 5.41) is 4.37. The molecule has 1 saturated heterocycles. The third-order valence-electron chi connectivity index (χ3n) is 6.01. The summed E-state index contributed by atoms with van der Waals surface area (Å²) in [5.41, 5.74) is 0.700. The highest BCUT2D eigenvalue weighted by molar-refractivity contribution is 5.76. The van der Waals surface area contributed by atoms with Gasteiger partial charge in [0.1, 0.15) is 5.76 Å². The number of hydrogen-bond donors (Lipinski definition) is 0. The van der Waals surface area contributed by atoms with E-state index < -0.39 is 5.76 Å². The molecule has 0 aromatic carbocycles. The fraction of sp³-hybridized carbons (Fsp3) is 0.650. The van der Waals surface area contributed by atoms with Crippen LogP contribution in [0.5, 0.6) is 0 Å². The van der Waals surface area contributed by atoms with Crippen molar-refractivity contribution in [2.24, 2.45) is 5.92 Å². The van der Waals surface area contributed by atoms with Crippen LogP contribution in [-0.4, -0.2) is 33.7 Å². The third kappa shape index (κ3) is 3.87. The molecule has 2 aromatic rings. The molecule has 146 valence electrons. The number of amides is 1. The minimum atomic E-state index is -0.447. The molecule has 1 aliphatic heterocycles. The lowest BCUT2D eigenvalue weighted by atomic mass is 9.86. The molecular weight excluding hydrogens is 346 g/mol. The number of nitrogens with zero attached hydrogens (tertiary/aromatic N) is 3. The van der Waals surface area contributed by atoms with Gasteiger partial charge in [-0.3, -0.25) is 4.79 Å². The number of likely N-dealkylation sites (tertiary alicyclic amines) is 1. The largest absolute Gasteiger partial charge is 0.469 e. The minimum Gasteiger partial charge on any atom is -0.469 e. The summed E-state index contributed by atoms with van der Waals surface area (Å²) >= 11 is 0. The molecule has 2 aromatic heterocycles. The van der Waals surface area contributed by atoms with E-state index in [4.69, 9.17) is 8.83 Å². The van der Waals surface area contributed by atoms with Gasteiger partial charge in [-0.15, -0.1) is 5.10 Å². The number of piperidine rings is 1. The van der Waals surface area contributed by atoms with Crippen LogP contribution in [0.25, 0.3) is 11.5 Å². The lowest BCUT2D eigenvalue weighted by molar-refractivity contribution is -0.133. The molecular formula is C20H27N3O4. The van der Waals surface area contributed by atoms with Crippen LogP contribution >= 0.6 is 0 Å². The van der Waals surface area contributed by atoms with Gasteiger partial charge in [-0.05, 0) is 44.6 Å². The highest BCUT2D eigenvalue weighted by atomic mass is 16.4. The molecule has 2 aliphatic rings. The maximum atomic E-state index is 12.6. The molecule has 7 heteroatoms. The smallest absolute Gasteiger partial charge is 0.437 e. The second kappa shape index (κ2) is 7.74. The van der Waals surface area contributed by atoms with E-state index in [0.29, 0.717) is 42.6 Å². The summed E-state index contributed by atoms with van der Waals surface area (Å²) in [4.78, 5) is 26.8. The van der Waals surface area contributed by atoms with Gasteiger partial charge in [0, 0.05) is 19.5 Å². The first-order valence-corrected chi connectivity index (χ1v) is 10.0. The van der Waals surface area contributed by atoms with Crippen LogP contribution in [-0.2, 0) is 4.79 Å². The van der Waals surface area contributed by atoms with Gasteiger partial charge >= 0.3 is 5.76 Å². The average molecular weight is 373 g/mol. The Hall–Kier alpha value is -2.31. The van der Waals surface area contributed by atoms with E-state index in [9.17, 15) is 9.59 Å². The predicted molar refractivity (Wildman–Crippen MR) is 99.2 cm³/mol. The van der Waals surface area contributed by atoms with E-state index in [-0.39, 0.29) is 11.9 Å². The molecule has 3 heterocycles.